The summed E-state index contributed by atoms with van der Waals surface area (Å²) in [6, 6.07) is 14.1. The molecule has 0 radical (unpaired) electrons. The number of hydrogen-bond acceptors (Lipinski definition) is 2. The Labute approximate surface area is 125 Å². The highest BCUT2D eigenvalue weighted by atomic mass is 16.2. The van der Waals surface area contributed by atoms with Gasteiger partial charge in [0.05, 0.1) is 0 Å². The second kappa shape index (κ2) is 5.74. The van der Waals surface area contributed by atoms with Gasteiger partial charge in [0, 0.05) is 31.9 Å². The van der Waals surface area contributed by atoms with Crippen LogP contribution in [0.2, 0.25) is 0 Å². The quantitative estimate of drug-likeness (QED) is 0.919. The minimum atomic E-state index is 0.0785. The van der Waals surface area contributed by atoms with Gasteiger partial charge in [-0.05, 0) is 30.5 Å². The zero-order valence-electron chi connectivity index (χ0n) is 12.3. The Balaban J connectivity index is 1.87. The molecule has 1 saturated heterocycles. The highest BCUT2D eigenvalue weighted by molar-refractivity contribution is 5.94. The molecular formula is C17H21N3O. The van der Waals surface area contributed by atoms with Crippen molar-refractivity contribution in [3.05, 3.63) is 48.2 Å². The van der Waals surface area contributed by atoms with Gasteiger partial charge in [-0.15, -0.1) is 0 Å². The van der Waals surface area contributed by atoms with E-state index in [0.29, 0.717) is 6.54 Å². The van der Waals surface area contributed by atoms with E-state index >= 15 is 0 Å². The third-order valence-corrected chi connectivity index (χ3v) is 4.16. The highest BCUT2D eigenvalue weighted by Gasteiger charge is 2.24. The second-order valence-corrected chi connectivity index (χ2v) is 5.68. The standard InChI is InChI=1S/C17H21N3O/c1-19-15(13-6-3-2-4-7-13)9-10-16(19)17(21)20-11-5-8-14(18)12-20/h2-4,6-7,9-10,14H,5,8,11-12,18H2,1H3. The first-order valence-electron chi connectivity index (χ1n) is 7.43. The highest BCUT2D eigenvalue weighted by Crippen LogP contribution is 2.22. The molecule has 0 spiro atoms. The molecule has 1 aliphatic heterocycles. The maximum absolute atomic E-state index is 12.7. The van der Waals surface area contributed by atoms with Gasteiger partial charge in [-0.3, -0.25) is 4.79 Å². The molecule has 2 N–H and O–H groups in total. The van der Waals surface area contributed by atoms with E-state index in [0.717, 1.165) is 36.3 Å². The van der Waals surface area contributed by atoms with Crippen molar-refractivity contribution in [3.8, 4) is 11.3 Å². The fourth-order valence-corrected chi connectivity index (χ4v) is 2.98. The second-order valence-electron chi connectivity index (χ2n) is 5.68. The van der Waals surface area contributed by atoms with E-state index in [-0.39, 0.29) is 11.9 Å². The fraction of sp³-hybridized carbons (Fsp3) is 0.353. The molecule has 21 heavy (non-hydrogen) atoms. The molecule has 0 bridgehead atoms. The molecule has 2 heterocycles. The maximum Gasteiger partial charge on any atom is 0.270 e. The predicted molar refractivity (Wildman–Crippen MR) is 84.0 cm³/mol. The fourth-order valence-electron chi connectivity index (χ4n) is 2.98. The Bertz CT molecular complexity index is 633. The van der Waals surface area contributed by atoms with Crippen molar-refractivity contribution in [3.63, 3.8) is 0 Å². The molecule has 0 saturated carbocycles. The van der Waals surface area contributed by atoms with Gasteiger partial charge in [0.2, 0.25) is 0 Å². The average molecular weight is 283 g/mol. The van der Waals surface area contributed by atoms with Crippen molar-refractivity contribution in [2.45, 2.75) is 18.9 Å². The molecule has 2 aromatic rings. The van der Waals surface area contributed by atoms with Crippen LogP contribution in [0.5, 0.6) is 0 Å². The first-order chi connectivity index (χ1) is 10.2. The maximum atomic E-state index is 12.7. The predicted octanol–water partition coefficient (Wildman–Crippen LogP) is 2.26. The van der Waals surface area contributed by atoms with Gasteiger partial charge in [-0.25, -0.2) is 0 Å². The lowest BCUT2D eigenvalue weighted by atomic mass is 10.1. The molecule has 1 atom stereocenters. The Morgan fingerprint density at radius 2 is 1.95 bits per heavy atom. The minimum absolute atomic E-state index is 0.0785. The van der Waals surface area contributed by atoms with E-state index < -0.39 is 0 Å². The Kier molecular flexibility index (Phi) is 3.80. The van der Waals surface area contributed by atoms with Crippen LogP contribution in [0.1, 0.15) is 23.3 Å². The zero-order valence-corrected chi connectivity index (χ0v) is 12.3. The molecule has 110 valence electrons. The molecule has 1 fully saturated rings. The Morgan fingerprint density at radius 3 is 2.67 bits per heavy atom. The summed E-state index contributed by atoms with van der Waals surface area (Å²) < 4.78 is 1.97. The summed E-state index contributed by atoms with van der Waals surface area (Å²) in [4.78, 5) is 14.5. The number of carbonyl (C=O) groups is 1. The molecule has 1 unspecified atom stereocenters. The van der Waals surface area contributed by atoms with Gasteiger partial charge in [-0.1, -0.05) is 30.3 Å². The molecule has 0 aliphatic carbocycles. The van der Waals surface area contributed by atoms with E-state index in [4.69, 9.17) is 5.73 Å². The molecule has 1 aliphatic rings. The number of benzene rings is 1. The monoisotopic (exact) mass is 283 g/mol. The number of nitrogens with two attached hydrogens (primary N) is 1. The number of likely N-dealkylation sites (tertiary alicyclic amines) is 1. The van der Waals surface area contributed by atoms with Crippen LogP contribution in [-0.4, -0.2) is 34.5 Å². The van der Waals surface area contributed by atoms with Gasteiger partial charge in [-0.2, -0.15) is 0 Å². The van der Waals surface area contributed by atoms with Gasteiger partial charge in [0.15, 0.2) is 0 Å². The van der Waals surface area contributed by atoms with Crippen molar-refractivity contribution in [2.24, 2.45) is 12.8 Å². The summed E-state index contributed by atoms with van der Waals surface area (Å²) in [7, 11) is 1.94. The summed E-state index contributed by atoms with van der Waals surface area (Å²) in [6.07, 6.45) is 2.00. The number of hydrogen-bond donors (Lipinski definition) is 1. The summed E-state index contributed by atoms with van der Waals surface area (Å²) >= 11 is 0. The molecule has 1 aromatic heterocycles. The van der Waals surface area contributed by atoms with E-state index in [1.807, 2.05) is 46.8 Å². The zero-order chi connectivity index (χ0) is 14.8. The molecule has 3 rings (SSSR count). The van der Waals surface area contributed by atoms with E-state index in [2.05, 4.69) is 12.1 Å². The van der Waals surface area contributed by atoms with Crippen molar-refractivity contribution in [1.82, 2.24) is 9.47 Å². The first-order valence-corrected chi connectivity index (χ1v) is 7.43. The minimum Gasteiger partial charge on any atom is -0.340 e. The van der Waals surface area contributed by atoms with E-state index in [1.165, 1.54) is 0 Å². The largest absolute Gasteiger partial charge is 0.340 e. The number of aromatic nitrogens is 1. The third kappa shape index (κ3) is 2.72. The van der Waals surface area contributed by atoms with Crippen molar-refractivity contribution in [2.75, 3.05) is 13.1 Å². The van der Waals surface area contributed by atoms with Crippen LogP contribution in [0, 0.1) is 0 Å². The molecular weight excluding hydrogens is 262 g/mol. The van der Waals surface area contributed by atoms with Crippen molar-refractivity contribution in [1.29, 1.82) is 0 Å². The number of rotatable bonds is 2. The van der Waals surface area contributed by atoms with E-state index in [1.54, 1.807) is 0 Å². The third-order valence-electron chi connectivity index (χ3n) is 4.16. The molecule has 4 nitrogen and oxygen atoms in total. The SMILES string of the molecule is Cn1c(C(=O)N2CCCC(N)C2)ccc1-c1ccccc1. The van der Waals surface area contributed by atoms with Crippen molar-refractivity contribution >= 4 is 5.91 Å². The van der Waals surface area contributed by atoms with Crippen LogP contribution in [-0.2, 0) is 7.05 Å². The molecule has 4 heteroatoms. The van der Waals surface area contributed by atoms with E-state index in [9.17, 15) is 4.79 Å². The van der Waals surface area contributed by atoms with Gasteiger partial charge < -0.3 is 15.2 Å². The first kappa shape index (κ1) is 13.9. The summed E-state index contributed by atoms with van der Waals surface area (Å²) in [5.74, 6) is 0.0785. The Hall–Kier alpha value is -2.07. The smallest absolute Gasteiger partial charge is 0.270 e. The summed E-state index contributed by atoms with van der Waals surface area (Å²) in [5, 5.41) is 0. The lowest BCUT2D eigenvalue weighted by molar-refractivity contribution is 0.0699. The van der Waals surface area contributed by atoms with Crippen LogP contribution >= 0.6 is 0 Å². The number of nitrogens with zero attached hydrogens (tertiary/aromatic N) is 2. The summed E-state index contributed by atoms with van der Waals surface area (Å²) in [6.45, 7) is 1.46. The Morgan fingerprint density at radius 1 is 1.19 bits per heavy atom. The lowest BCUT2D eigenvalue weighted by Gasteiger charge is -2.30. The number of piperidine rings is 1. The van der Waals surface area contributed by atoms with Gasteiger partial charge >= 0.3 is 0 Å². The van der Waals surface area contributed by atoms with Crippen LogP contribution < -0.4 is 5.73 Å². The van der Waals surface area contributed by atoms with Crippen LogP contribution in [0.25, 0.3) is 11.3 Å². The summed E-state index contributed by atoms with van der Waals surface area (Å²) in [5.41, 5.74) is 8.88. The molecule has 1 aromatic carbocycles. The average Bonchev–Trinajstić information content (AvgIpc) is 2.89. The number of amides is 1. The van der Waals surface area contributed by atoms with Crippen LogP contribution in [0.15, 0.2) is 42.5 Å². The normalized spacial score (nSPS) is 18.8. The topological polar surface area (TPSA) is 51.3 Å². The van der Waals surface area contributed by atoms with Gasteiger partial charge in [0.25, 0.3) is 5.91 Å². The lowest BCUT2D eigenvalue weighted by Crippen LogP contribution is -2.46. The molecule has 1 amide bonds. The van der Waals surface area contributed by atoms with Crippen molar-refractivity contribution < 1.29 is 4.79 Å². The van der Waals surface area contributed by atoms with Crippen LogP contribution in [0.3, 0.4) is 0 Å². The number of carbonyl (C=O) groups excluding carboxylic acids is 1. The van der Waals surface area contributed by atoms with Crippen LogP contribution in [0.4, 0.5) is 0 Å². The van der Waals surface area contributed by atoms with Gasteiger partial charge in [0.1, 0.15) is 5.69 Å².